The zero-order chi connectivity index (χ0) is 13.5. The number of hydrogen-bond donors (Lipinski definition) is 2. The van der Waals surface area contributed by atoms with Crippen LogP contribution >= 0.6 is 0 Å². The monoisotopic (exact) mass is 262 g/mol. The third kappa shape index (κ3) is 3.92. The van der Waals surface area contributed by atoms with Crippen LogP contribution in [0.15, 0.2) is 24.5 Å². The van der Waals surface area contributed by atoms with Gasteiger partial charge in [-0.15, -0.1) is 0 Å². The Balaban J connectivity index is 1.96. The van der Waals surface area contributed by atoms with Crippen molar-refractivity contribution < 1.29 is 4.74 Å². The predicted octanol–water partition coefficient (Wildman–Crippen LogP) is 0.973. The molecule has 0 aliphatic rings. The van der Waals surface area contributed by atoms with E-state index in [0.717, 1.165) is 24.7 Å². The molecule has 2 aromatic heterocycles. The Kier molecular flexibility index (Phi) is 4.68. The number of aromatic nitrogens is 4. The lowest BCUT2D eigenvalue weighted by Crippen LogP contribution is -2.13. The van der Waals surface area contributed by atoms with E-state index >= 15 is 0 Å². The van der Waals surface area contributed by atoms with Crippen molar-refractivity contribution in [3.63, 3.8) is 0 Å². The van der Waals surface area contributed by atoms with Crippen LogP contribution in [0.3, 0.4) is 0 Å². The van der Waals surface area contributed by atoms with Gasteiger partial charge in [0.25, 0.3) is 0 Å². The second-order valence-corrected chi connectivity index (χ2v) is 3.93. The van der Waals surface area contributed by atoms with E-state index in [1.54, 1.807) is 13.3 Å². The molecular weight excluding hydrogens is 244 g/mol. The minimum Gasteiger partial charge on any atom is -0.377 e. The van der Waals surface area contributed by atoms with Gasteiger partial charge in [-0.25, -0.2) is 9.97 Å². The molecule has 0 saturated carbocycles. The lowest BCUT2D eigenvalue weighted by Gasteiger charge is -2.09. The highest BCUT2D eigenvalue weighted by atomic mass is 16.5. The van der Waals surface area contributed by atoms with Crippen LogP contribution in [-0.2, 0) is 17.9 Å². The van der Waals surface area contributed by atoms with E-state index in [2.05, 4.69) is 25.7 Å². The Bertz CT molecular complexity index is 499. The first-order valence-electron chi connectivity index (χ1n) is 6.08. The average Bonchev–Trinajstić information content (AvgIpc) is 2.92. The van der Waals surface area contributed by atoms with Crippen LogP contribution in [0.4, 0.5) is 11.6 Å². The average molecular weight is 262 g/mol. The Morgan fingerprint density at radius 2 is 2.16 bits per heavy atom. The third-order valence-corrected chi connectivity index (χ3v) is 2.51. The zero-order valence-corrected chi connectivity index (χ0v) is 11.1. The first-order chi connectivity index (χ1) is 9.31. The van der Waals surface area contributed by atoms with E-state index in [4.69, 9.17) is 4.74 Å². The fourth-order valence-electron chi connectivity index (χ4n) is 1.64. The summed E-state index contributed by atoms with van der Waals surface area (Å²) in [6.45, 7) is 1.92. The maximum Gasteiger partial charge on any atom is 0.158 e. The highest BCUT2D eigenvalue weighted by Crippen LogP contribution is 2.11. The van der Waals surface area contributed by atoms with Gasteiger partial charge in [0.2, 0.25) is 0 Å². The van der Waals surface area contributed by atoms with Gasteiger partial charge in [0, 0.05) is 39.2 Å². The molecule has 0 saturated heterocycles. The molecule has 0 aliphatic heterocycles. The predicted molar refractivity (Wildman–Crippen MR) is 73.0 cm³/mol. The Labute approximate surface area is 112 Å². The highest BCUT2D eigenvalue weighted by Gasteiger charge is 2.03. The normalized spacial score (nSPS) is 10.4. The Morgan fingerprint density at radius 3 is 2.84 bits per heavy atom. The standard InChI is InChI=1S/C12H18N6O/c1-13-10-8-11(17-12(16-10)9-19-2)14-5-7-18-6-3-4-15-18/h3-4,6,8H,5,7,9H2,1-2H3,(H2,13,14,16,17). The molecule has 0 spiro atoms. The molecule has 7 nitrogen and oxygen atoms in total. The molecule has 2 rings (SSSR count). The van der Waals surface area contributed by atoms with E-state index in [9.17, 15) is 0 Å². The lowest BCUT2D eigenvalue weighted by molar-refractivity contribution is 0.178. The highest BCUT2D eigenvalue weighted by molar-refractivity contribution is 5.47. The molecule has 0 aliphatic carbocycles. The van der Waals surface area contributed by atoms with Crippen LogP contribution in [0.5, 0.6) is 0 Å². The fraction of sp³-hybridized carbons (Fsp3) is 0.417. The van der Waals surface area contributed by atoms with Crippen molar-refractivity contribution in [2.75, 3.05) is 31.3 Å². The fourth-order valence-corrected chi connectivity index (χ4v) is 1.64. The summed E-state index contributed by atoms with van der Waals surface area (Å²) in [4.78, 5) is 8.67. The lowest BCUT2D eigenvalue weighted by atomic mass is 10.4. The SMILES string of the molecule is CNc1cc(NCCn2cccn2)nc(COC)n1. The summed E-state index contributed by atoms with van der Waals surface area (Å²) in [7, 11) is 3.45. The molecule has 0 radical (unpaired) electrons. The number of ether oxygens (including phenoxy) is 1. The molecule has 0 amide bonds. The Morgan fingerprint density at radius 1 is 1.32 bits per heavy atom. The molecule has 0 atom stereocenters. The van der Waals surface area contributed by atoms with Crippen molar-refractivity contribution >= 4 is 11.6 Å². The van der Waals surface area contributed by atoms with Crippen LogP contribution < -0.4 is 10.6 Å². The number of rotatable bonds is 7. The van der Waals surface area contributed by atoms with E-state index < -0.39 is 0 Å². The van der Waals surface area contributed by atoms with E-state index in [1.807, 2.05) is 30.1 Å². The van der Waals surface area contributed by atoms with Gasteiger partial charge in [0.05, 0.1) is 6.54 Å². The van der Waals surface area contributed by atoms with Gasteiger partial charge < -0.3 is 15.4 Å². The van der Waals surface area contributed by atoms with Crippen molar-refractivity contribution in [1.82, 2.24) is 19.7 Å². The van der Waals surface area contributed by atoms with Crippen LogP contribution in [0.2, 0.25) is 0 Å². The summed E-state index contributed by atoms with van der Waals surface area (Å²) in [5.74, 6) is 2.19. The smallest absolute Gasteiger partial charge is 0.158 e. The second-order valence-electron chi connectivity index (χ2n) is 3.93. The first kappa shape index (κ1) is 13.3. The summed E-state index contributed by atoms with van der Waals surface area (Å²) >= 11 is 0. The minimum atomic E-state index is 0.392. The minimum absolute atomic E-state index is 0.392. The van der Waals surface area contributed by atoms with Gasteiger partial charge in [-0.05, 0) is 6.07 Å². The van der Waals surface area contributed by atoms with Gasteiger partial charge in [-0.3, -0.25) is 4.68 Å². The molecule has 0 aromatic carbocycles. The van der Waals surface area contributed by atoms with Crippen LogP contribution in [0.25, 0.3) is 0 Å². The quantitative estimate of drug-likeness (QED) is 0.774. The maximum atomic E-state index is 5.05. The number of anilines is 2. The van der Waals surface area contributed by atoms with Crippen molar-refractivity contribution in [1.29, 1.82) is 0 Å². The van der Waals surface area contributed by atoms with E-state index in [1.165, 1.54) is 0 Å². The number of nitrogens with zero attached hydrogens (tertiary/aromatic N) is 4. The van der Waals surface area contributed by atoms with E-state index in [0.29, 0.717) is 12.4 Å². The van der Waals surface area contributed by atoms with Crippen LogP contribution in [0.1, 0.15) is 5.82 Å². The van der Waals surface area contributed by atoms with Crippen molar-refractivity contribution in [3.05, 3.63) is 30.4 Å². The number of methoxy groups -OCH3 is 1. The van der Waals surface area contributed by atoms with Crippen molar-refractivity contribution in [3.8, 4) is 0 Å². The summed E-state index contributed by atoms with van der Waals surface area (Å²) < 4.78 is 6.92. The van der Waals surface area contributed by atoms with Gasteiger partial charge in [-0.1, -0.05) is 0 Å². The summed E-state index contributed by atoms with van der Waals surface area (Å²) in [5, 5.41) is 10.4. The summed E-state index contributed by atoms with van der Waals surface area (Å²) in [5.41, 5.74) is 0. The molecule has 102 valence electrons. The number of nitrogens with one attached hydrogen (secondary N) is 2. The molecule has 2 N–H and O–H groups in total. The van der Waals surface area contributed by atoms with Gasteiger partial charge in [0.1, 0.15) is 18.2 Å². The molecule has 0 unspecified atom stereocenters. The molecule has 0 bridgehead atoms. The summed E-state index contributed by atoms with van der Waals surface area (Å²) in [6, 6.07) is 3.77. The molecule has 19 heavy (non-hydrogen) atoms. The first-order valence-corrected chi connectivity index (χ1v) is 6.08. The topological polar surface area (TPSA) is 76.9 Å². The van der Waals surface area contributed by atoms with Gasteiger partial charge in [-0.2, -0.15) is 5.10 Å². The van der Waals surface area contributed by atoms with E-state index in [-0.39, 0.29) is 0 Å². The van der Waals surface area contributed by atoms with Crippen LogP contribution in [0, 0.1) is 0 Å². The van der Waals surface area contributed by atoms with Crippen LogP contribution in [-0.4, -0.2) is 40.5 Å². The summed E-state index contributed by atoms with van der Waals surface area (Å²) in [6.07, 6.45) is 3.69. The molecule has 2 heterocycles. The second kappa shape index (κ2) is 6.69. The van der Waals surface area contributed by atoms with Gasteiger partial charge in [0.15, 0.2) is 5.82 Å². The largest absolute Gasteiger partial charge is 0.377 e. The maximum absolute atomic E-state index is 5.05. The zero-order valence-electron chi connectivity index (χ0n) is 11.1. The van der Waals surface area contributed by atoms with Gasteiger partial charge >= 0.3 is 0 Å². The van der Waals surface area contributed by atoms with Crippen molar-refractivity contribution in [2.45, 2.75) is 13.2 Å². The Hall–Kier alpha value is -2.15. The molecule has 0 fully saturated rings. The number of hydrogen-bond acceptors (Lipinski definition) is 6. The molecule has 7 heteroatoms. The van der Waals surface area contributed by atoms with Crippen molar-refractivity contribution in [2.24, 2.45) is 0 Å². The molecule has 2 aromatic rings. The third-order valence-electron chi connectivity index (χ3n) is 2.51. The molecular formula is C12H18N6O.